The molecule has 1 aromatic rings. The van der Waals surface area contributed by atoms with E-state index in [0.29, 0.717) is 5.56 Å². The summed E-state index contributed by atoms with van der Waals surface area (Å²) in [5, 5.41) is 8.95. The highest BCUT2D eigenvalue weighted by atomic mass is 19.1. The zero-order valence-electron chi connectivity index (χ0n) is 10.2. The summed E-state index contributed by atoms with van der Waals surface area (Å²) in [5.74, 6) is -0.811. The Morgan fingerprint density at radius 1 is 1.41 bits per heavy atom. The molecule has 1 saturated carbocycles. The molecule has 2 rings (SSSR count). The second-order valence-electron chi connectivity index (χ2n) is 5.37. The lowest BCUT2D eigenvalue weighted by molar-refractivity contribution is -0.137. The van der Waals surface area contributed by atoms with Crippen molar-refractivity contribution in [2.75, 3.05) is 0 Å². The van der Waals surface area contributed by atoms with Crippen LogP contribution in [0.4, 0.5) is 4.39 Å². The number of carboxylic acids is 1. The summed E-state index contributed by atoms with van der Waals surface area (Å²) in [7, 11) is 0. The highest BCUT2D eigenvalue weighted by molar-refractivity contribution is 5.70. The molecule has 0 aliphatic heterocycles. The smallest absolute Gasteiger partial charge is 0.304 e. The van der Waals surface area contributed by atoms with Crippen LogP contribution in [0.5, 0.6) is 0 Å². The number of hydrogen-bond acceptors (Lipinski definition) is 1. The molecule has 1 fully saturated rings. The lowest BCUT2D eigenvalue weighted by Crippen LogP contribution is -2.20. The number of aliphatic carboxylic acids is 1. The Bertz CT molecular complexity index is 442. The Labute approximate surface area is 100 Å². The third-order valence-electron chi connectivity index (χ3n) is 3.48. The minimum atomic E-state index is -1.43. The number of alkyl halides is 1. The van der Waals surface area contributed by atoms with Crippen LogP contribution in [0.2, 0.25) is 0 Å². The van der Waals surface area contributed by atoms with Gasteiger partial charge in [-0.1, -0.05) is 24.3 Å². The van der Waals surface area contributed by atoms with E-state index >= 15 is 0 Å². The van der Waals surface area contributed by atoms with E-state index in [1.165, 1.54) is 13.8 Å². The summed E-state index contributed by atoms with van der Waals surface area (Å²) >= 11 is 0. The molecule has 1 aromatic carbocycles. The van der Waals surface area contributed by atoms with Gasteiger partial charge < -0.3 is 5.11 Å². The summed E-state index contributed by atoms with van der Waals surface area (Å²) in [6.45, 7) is 3.03. The van der Waals surface area contributed by atoms with Crippen LogP contribution in [0.3, 0.4) is 0 Å². The monoisotopic (exact) mass is 236 g/mol. The normalized spacial score (nSPS) is 17.8. The Hall–Kier alpha value is -1.38. The maximum absolute atomic E-state index is 14.1. The molecule has 1 aliphatic carbocycles. The average molecular weight is 236 g/mol. The van der Waals surface area contributed by atoms with Crippen LogP contribution >= 0.6 is 0 Å². The Balaban J connectivity index is 2.43. The van der Waals surface area contributed by atoms with E-state index in [1.807, 2.05) is 12.1 Å². The van der Waals surface area contributed by atoms with E-state index in [2.05, 4.69) is 0 Å². The van der Waals surface area contributed by atoms with Crippen LogP contribution < -0.4 is 0 Å². The number of benzene rings is 1. The van der Waals surface area contributed by atoms with Gasteiger partial charge in [-0.15, -0.1) is 0 Å². The largest absolute Gasteiger partial charge is 0.481 e. The number of hydrogen-bond donors (Lipinski definition) is 1. The minimum Gasteiger partial charge on any atom is -0.481 e. The van der Waals surface area contributed by atoms with Gasteiger partial charge in [0.25, 0.3) is 0 Å². The quantitative estimate of drug-likeness (QED) is 0.870. The Morgan fingerprint density at radius 2 is 2.00 bits per heavy atom. The van der Waals surface area contributed by atoms with Crippen LogP contribution in [0.15, 0.2) is 24.3 Å². The lowest BCUT2D eigenvalue weighted by Gasteiger charge is -2.24. The first-order valence-corrected chi connectivity index (χ1v) is 5.86. The van der Waals surface area contributed by atoms with E-state index in [0.717, 1.165) is 18.4 Å². The van der Waals surface area contributed by atoms with E-state index in [-0.39, 0.29) is 11.8 Å². The van der Waals surface area contributed by atoms with Crippen molar-refractivity contribution < 1.29 is 14.3 Å². The van der Waals surface area contributed by atoms with Crippen molar-refractivity contribution in [3.63, 3.8) is 0 Å². The van der Waals surface area contributed by atoms with Gasteiger partial charge in [-0.25, -0.2) is 4.39 Å². The molecule has 2 nitrogen and oxygen atoms in total. The highest BCUT2D eigenvalue weighted by Gasteiger charge is 2.48. The Morgan fingerprint density at radius 3 is 2.47 bits per heavy atom. The van der Waals surface area contributed by atoms with E-state index < -0.39 is 11.6 Å². The molecule has 92 valence electrons. The first-order chi connectivity index (χ1) is 7.85. The fourth-order valence-electron chi connectivity index (χ4n) is 2.45. The second-order valence-corrected chi connectivity index (χ2v) is 5.37. The molecular weight excluding hydrogens is 219 g/mol. The molecule has 0 radical (unpaired) electrons. The van der Waals surface area contributed by atoms with Crippen molar-refractivity contribution in [1.82, 2.24) is 0 Å². The molecule has 0 saturated heterocycles. The molecule has 17 heavy (non-hydrogen) atoms. The van der Waals surface area contributed by atoms with Gasteiger partial charge in [0.05, 0.1) is 6.42 Å². The molecule has 3 heteroatoms. The third kappa shape index (κ3) is 2.33. The maximum Gasteiger partial charge on any atom is 0.304 e. The van der Waals surface area contributed by atoms with Gasteiger partial charge in [0, 0.05) is 5.41 Å². The standard InChI is InChI=1S/C14H17FO2/c1-13(2,15)10-5-3-4-6-11(10)14(7-8-14)9-12(16)17/h3-6H,7-9H2,1-2H3,(H,16,17). The van der Waals surface area contributed by atoms with Gasteiger partial charge in [0.15, 0.2) is 0 Å². The van der Waals surface area contributed by atoms with Crippen LogP contribution in [0, 0.1) is 0 Å². The molecule has 0 unspecified atom stereocenters. The van der Waals surface area contributed by atoms with Gasteiger partial charge in [-0.05, 0) is 37.8 Å². The second kappa shape index (κ2) is 3.83. The first-order valence-electron chi connectivity index (χ1n) is 5.86. The van der Waals surface area contributed by atoms with Crippen molar-refractivity contribution in [1.29, 1.82) is 0 Å². The topological polar surface area (TPSA) is 37.3 Å². The van der Waals surface area contributed by atoms with E-state index in [1.54, 1.807) is 12.1 Å². The van der Waals surface area contributed by atoms with Crippen LogP contribution in [0.25, 0.3) is 0 Å². The number of rotatable bonds is 4. The fraction of sp³-hybridized carbons (Fsp3) is 0.500. The third-order valence-corrected chi connectivity index (χ3v) is 3.48. The van der Waals surface area contributed by atoms with Crippen LogP contribution in [0.1, 0.15) is 44.2 Å². The van der Waals surface area contributed by atoms with Gasteiger partial charge in [0.1, 0.15) is 5.67 Å². The van der Waals surface area contributed by atoms with Gasteiger partial charge in [0.2, 0.25) is 0 Å². The zero-order valence-corrected chi connectivity index (χ0v) is 10.2. The van der Waals surface area contributed by atoms with Crippen molar-refractivity contribution in [3.8, 4) is 0 Å². The minimum absolute atomic E-state index is 0.0973. The molecule has 0 spiro atoms. The van der Waals surface area contributed by atoms with Crippen molar-refractivity contribution in [2.45, 2.75) is 44.2 Å². The Kier molecular flexibility index (Phi) is 2.72. The first kappa shape index (κ1) is 12.1. The molecular formula is C14H17FO2. The van der Waals surface area contributed by atoms with Gasteiger partial charge in [-0.3, -0.25) is 4.79 Å². The fourth-order valence-corrected chi connectivity index (χ4v) is 2.45. The van der Waals surface area contributed by atoms with Crippen molar-refractivity contribution in [2.24, 2.45) is 0 Å². The predicted octanol–water partition coefficient (Wildman–Crippen LogP) is 3.40. The summed E-state index contributed by atoms with van der Waals surface area (Å²) in [6.07, 6.45) is 1.78. The van der Waals surface area contributed by atoms with Gasteiger partial charge in [-0.2, -0.15) is 0 Å². The molecule has 0 amide bonds. The number of halogens is 1. The number of carbonyl (C=O) groups is 1. The summed E-state index contributed by atoms with van der Waals surface area (Å²) in [6, 6.07) is 7.29. The van der Waals surface area contributed by atoms with Crippen molar-refractivity contribution in [3.05, 3.63) is 35.4 Å². The molecule has 0 bridgehead atoms. The molecule has 0 aromatic heterocycles. The maximum atomic E-state index is 14.1. The summed E-state index contributed by atoms with van der Waals surface area (Å²) in [5.41, 5.74) is -0.259. The summed E-state index contributed by atoms with van der Waals surface area (Å²) in [4.78, 5) is 10.9. The predicted molar refractivity (Wildman–Crippen MR) is 63.7 cm³/mol. The molecule has 0 atom stereocenters. The average Bonchev–Trinajstić information content (AvgIpc) is 2.97. The molecule has 1 aliphatic rings. The SMILES string of the molecule is CC(C)(F)c1ccccc1C1(CC(=O)O)CC1. The van der Waals surface area contributed by atoms with Gasteiger partial charge >= 0.3 is 5.97 Å². The van der Waals surface area contributed by atoms with Crippen LogP contribution in [-0.4, -0.2) is 11.1 Å². The zero-order chi connectivity index (χ0) is 12.7. The van der Waals surface area contributed by atoms with Crippen molar-refractivity contribution >= 4 is 5.97 Å². The highest BCUT2D eigenvalue weighted by Crippen LogP contribution is 2.53. The van der Waals surface area contributed by atoms with E-state index in [9.17, 15) is 9.18 Å². The number of carboxylic acid groups (broad SMARTS) is 1. The van der Waals surface area contributed by atoms with E-state index in [4.69, 9.17) is 5.11 Å². The molecule has 0 heterocycles. The summed E-state index contributed by atoms with van der Waals surface area (Å²) < 4.78 is 14.1. The molecule has 1 N–H and O–H groups in total. The van der Waals surface area contributed by atoms with Crippen LogP contribution in [-0.2, 0) is 15.9 Å². The lowest BCUT2D eigenvalue weighted by atomic mass is 9.83.